The lowest BCUT2D eigenvalue weighted by molar-refractivity contribution is 0.0986. The summed E-state index contributed by atoms with van der Waals surface area (Å²) in [6.07, 6.45) is 0. The number of hydrogen-bond acceptors (Lipinski definition) is 6. The fourth-order valence-corrected chi connectivity index (χ4v) is 3.99. The maximum atomic E-state index is 13.5. The van der Waals surface area contributed by atoms with Gasteiger partial charge in [0.15, 0.2) is 5.82 Å². The van der Waals surface area contributed by atoms with Gasteiger partial charge in [-0.3, -0.25) is 4.79 Å². The van der Waals surface area contributed by atoms with E-state index in [0.717, 1.165) is 17.1 Å². The molecule has 5 nitrogen and oxygen atoms in total. The van der Waals surface area contributed by atoms with Crippen LogP contribution in [0.15, 0.2) is 42.5 Å². The molecule has 1 aromatic heterocycles. The first kappa shape index (κ1) is 19.8. The van der Waals surface area contributed by atoms with Crippen molar-refractivity contribution in [3.63, 3.8) is 0 Å². The molecule has 0 unspecified atom stereocenters. The molecule has 0 saturated carbocycles. The van der Waals surface area contributed by atoms with Crippen LogP contribution in [0.3, 0.4) is 0 Å². The molecular weight excluding hydrogens is 389 g/mol. The van der Waals surface area contributed by atoms with E-state index in [0.29, 0.717) is 42.0 Å². The molecule has 1 aliphatic heterocycles. The van der Waals surface area contributed by atoms with Gasteiger partial charge < -0.3 is 9.64 Å². The number of halogens is 1. The standard InChI is InChI=1S/C22H22FN3O2S/c1-3-29-22(27)16-6-9-18-19(12-16)25-21(26-10-11-28-13-14(26)2)20(24-18)15-4-7-17(23)8-5-15/h4-9,12,14H,3,10-11,13H2,1-2H3/t14-/m0/s1. The van der Waals surface area contributed by atoms with Crippen LogP contribution in [-0.4, -0.2) is 46.6 Å². The summed E-state index contributed by atoms with van der Waals surface area (Å²) in [5, 5.41) is 0.0279. The molecule has 0 N–H and O–H groups in total. The highest BCUT2D eigenvalue weighted by molar-refractivity contribution is 8.14. The Kier molecular flexibility index (Phi) is 5.78. The van der Waals surface area contributed by atoms with Gasteiger partial charge in [-0.05, 0) is 55.1 Å². The summed E-state index contributed by atoms with van der Waals surface area (Å²) in [5.41, 5.74) is 3.50. The van der Waals surface area contributed by atoms with E-state index in [-0.39, 0.29) is 17.0 Å². The van der Waals surface area contributed by atoms with Crippen molar-refractivity contribution in [3.8, 4) is 11.3 Å². The van der Waals surface area contributed by atoms with Crippen LogP contribution in [0.2, 0.25) is 0 Å². The van der Waals surface area contributed by atoms with Gasteiger partial charge in [0.25, 0.3) is 0 Å². The van der Waals surface area contributed by atoms with E-state index in [2.05, 4.69) is 11.8 Å². The second-order valence-electron chi connectivity index (χ2n) is 6.94. The second-order valence-corrected chi connectivity index (χ2v) is 8.18. The number of benzene rings is 2. The number of nitrogens with zero attached hydrogens (tertiary/aromatic N) is 3. The maximum Gasteiger partial charge on any atom is 0.219 e. The molecule has 1 atom stereocenters. The van der Waals surface area contributed by atoms with Crippen molar-refractivity contribution in [1.29, 1.82) is 0 Å². The van der Waals surface area contributed by atoms with Crippen LogP contribution >= 0.6 is 11.8 Å². The fourth-order valence-electron chi connectivity index (χ4n) is 3.43. The minimum atomic E-state index is -0.291. The average Bonchev–Trinajstić information content (AvgIpc) is 2.73. The molecule has 1 aliphatic rings. The molecule has 150 valence electrons. The quantitative estimate of drug-likeness (QED) is 0.628. The zero-order chi connectivity index (χ0) is 20.4. The van der Waals surface area contributed by atoms with Gasteiger partial charge in [0.1, 0.15) is 11.5 Å². The number of anilines is 1. The van der Waals surface area contributed by atoms with Gasteiger partial charge in [-0.1, -0.05) is 18.7 Å². The van der Waals surface area contributed by atoms with Crippen LogP contribution < -0.4 is 4.90 Å². The molecule has 1 fully saturated rings. The van der Waals surface area contributed by atoms with E-state index in [1.807, 2.05) is 13.0 Å². The summed E-state index contributed by atoms with van der Waals surface area (Å²) in [6, 6.07) is 11.8. The first-order valence-corrected chi connectivity index (χ1v) is 10.6. The third-order valence-corrected chi connectivity index (χ3v) is 5.70. The van der Waals surface area contributed by atoms with E-state index >= 15 is 0 Å². The van der Waals surface area contributed by atoms with Gasteiger partial charge in [-0.2, -0.15) is 0 Å². The highest BCUT2D eigenvalue weighted by atomic mass is 32.2. The Morgan fingerprint density at radius 3 is 2.72 bits per heavy atom. The van der Waals surface area contributed by atoms with Crippen molar-refractivity contribution in [2.75, 3.05) is 30.4 Å². The van der Waals surface area contributed by atoms with Crippen LogP contribution in [0.25, 0.3) is 22.3 Å². The molecule has 1 saturated heterocycles. The van der Waals surface area contributed by atoms with E-state index in [1.54, 1.807) is 24.3 Å². The molecule has 7 heteroatoms. The lowest BCUT2D eigenvalue weighted by Gasteiger charge is -2.35. The van der Waals surface area contributed by atoms with Gasteiger partial charge in [0.2, 0.25) is 5.12 Å². The summed E-state index contributed by atoms with van der Waals surface area (Å²) in [4.78, 5) is 24.2. The van der Waals surface area contributed by atoms with Gasteiger partial charge >= 0.3 is 0 Å². The van der Waals surface area contributed by atoms with E-state index in [9.17, 15) is 9.18 Å². The molecule has 0 amide bonds. The Bertz CT molecular complexity index is 1040. The highest BCUT2D eigenvalue weighted by Crippen LogP contribution is 2.32. The SMILES string of the molecule is CCSC(=O)c1ccc2nc(-c3ccc(F)cc3)c(N3CCOC[C@@H]3C)nc2c1. The second kappa shape index (κ2) is 8.47. The number of hydrogen-bond donors (Lipinski definition) is 0. The maximum absolute atomic E-state index is 13.5. The number of carbonyl (C=O) groups excluding carboxylic acids is 1. The van der Waals surface area contributed by atoms with Gasteiger partial charge in [-0.25, -0.2) is 14.4 Å². The van der Waals surface area contributed by atoms with Crippen LogP contribution in [-0.2, 0) is 4.74 Å². The number of thioether (sulfide) groups is 1. The first-order valence-electron chi connectivity index (χ1n) is 9.66. The monoisotopic (exact) mass is 411 g/mol. The lowest BCUT2D eigenvalue weighted by atomic mass is 10.1. The van der Waals surface area contributed by atoms with Crippen molar-refractivity contribution >= 4 is 33.7 Å². The van der Waals surface area contributed by atoms with Gasteiger partial charge in [0.05, 0.1) is 30.3 Å². The summed E-state index contributed by atoms with van der Waals surface area (Å²) < 4.78 is 19.0. The fraction of sp³-hybridized carbons (Fsp3) is 0.318. The van der Waals surface area contributed by atoms with E-state index in [4.69, 9.17) is 14.7 Å². The minimum absolute atomic E-state index is 0.0279. The molecule has 0 radical (unpaired) electrons. The number of rotatable bonds is 4. The van der Waals surface area contributed by atoms with Crippen molar-refractivity contribution in [2.24, 2.45) is 0 Å². The molecule has 3 aromatic rings. The molecule has 0 spiro atoms. The Hall–Kier alpha value is -2.51. The molecular formula is C22H22FN3O2S. The summed E-state index contributed by atoms with van der Waals surface area (Å²) >= 11 is 1.28. The Morgan fingerprint density at radius 1 is 1.21 bits per heavy atom. The van der Waals surface area contributed by atoms with Crippen LogP contribution in [0.5, 0.6) is 0 Å². The van der Waals surface area contributed by atoms with Crippen LogP contribution in [0, 0.1) is 5.82 Å². The molecule has 0 aliphatic carbocycles. The minimum Gasteiger partial charge on any atom is -0.377 e. The first-order chi connectivity index (χ1) is 14.1. The molecule has 2 aromatic carbocycles. The number of aromatic nitrogens is 2. The lowest BCUT2D eigenvalue weighted by Crippen LogP contribution is -2.44. The van der Waals surface area contributed by atoms with Crippen molar-refractivity contribution < 1.29 is 13.9 Å². The third-order valence-electron chi connectivity index (χ3n) is 4.91. The normalized spacial score (nSPS) is 16.9. The summed E-state index contributed by atoms with van der Waals surface area (Å²) in [7, 11) is 0. The number of morpholine rings is 1. The number of ether oxygens (including phenoxy) is 1. The molecule has 0 bridgehead atoms. The Labute approximate surface area is 173 Å². The van der Waals surface area contributed by atoms with E-state index < -0.39 is 0 Å². The van der Waals surface area contributed by atoms with E-state index in [1.165, 1.54) is 23.9 Å². The number of carbonyl (C=O) groups is 1. The number of fused-ring (bicyclic) bond motifs is 1. The zero-order valence-electron chi connectivity index (χ0n) is 16.4. The van der Waals surface area contributed by atoms with Crippen molar-refractivity contribution in [3.05, 3.63) is 53.8 Å². The highest BCUT2D eigenvalue weighted by Gasteiger charge is 2.25. The van der Waals surface area contributed by atoms with Crippen LogP contribution in [0.4, 0.5) is 10.2 Å². The predicted octanol–water partition coefficient (Wildman–Crippen LogP) is 4.55. The molecule has 2 heterocycles. The van der Waals surface area contributed by atoms with Crippen LogP contribution in [0.1, 0.15) is 24.2 Å². The smallest absolute Gasteiger partial charge is 0.219 e. The summed E-state index contributed by atoms with van der Waals surface area (Å²) in [5.74, 6) is 1.16. The average molecular weight is 412 g/mol. The van der Waals surface area contributed by atoms with Gasteiger partial charge in [-0.15, -0.1) is 0 Å². The Balaban J connectivity index is 1.87. The molecule has 4 rings (SSSR count). The van der Waals surface area contributed by atoms with Crippen molar-refractivity contribution in [1.82, 2.24) is 9.97 Å². The summed E-state index contributed by atoms with van der Waals surface area (Å²) in [6.45, 7) is 5.94. The Morgan fingerprint density at radius 2 is 2.00 bits per heavy atom. The predicted molar refractivity (Wildman–Crippen MR) is 115 cm³/mol. The third kappa shape index (κ3) is 4.11. The zero-order valence-corrected chi connectivity index (χ0v) is 17.2. The van der Waals surface area contributed by atoms with Gasteiger partial charge in [0, 0.05) is 17.7 Å². The topological polar surface area (TPSA) is 55.3 Å². The molecule has 29 heavy (non-hydrogen) atoms. The van der Waals surface area contributed by atoms with Crippen molar-refractivity contribution in [2.45, 2.75) is 19.9 Å². The largest absolute Gasteiger partial charge is 0.377 e.